The first kappa shape index (κ1) is 13.3. The van der Waals surface area contributed by atoms with Crippen molar-refractivity contribution in [3.8, 4) is 5.75 Å². The first-order chi connectivity index (χ1) is 9.06. The number of methoxy groups -OCH3 is 1. The van der Waals surface area contributed by atoms with Crippen LogP contribution in [0.1, 0.15) is 5.56 Å². The minimum absolute atomic E-state index is 0.0683. The summed E-state index contributed by atoms with van der Waals surface area (Å²) in [5.74, 6) is 0.516. The summed E-state index contributed by atoms with van der Waals surface area (Å²) in [5, 5.41) is 20.4. The van der Waals surface area contributed by atoms with Crippen LogP contribution in [-0.2, 0) is 12.1 Å². The average Bonchev–Trinajstić information content (AvgIpc) is 2.91. The van der Waals surface area contributed by atoms with Crippen LogP contribution in [0.25, 0.3) is 0 Å². The molecule has 1 aromatic carbocycles. The van der Waals surface area contributed by atoms with Crippen LogP contribution in [0.2, 0.25) is 0 Å². The predicted octanol–water partition coefficient (Wildman–Crippen LogP) is 0.835. The molecule has 0 saturated heterocycles. The van der Waals surface area contributed by atoms with Crippen LogP contribution >= 0.6 is 0 Å². The maximum absolute atomic E-state index is 13.2. The van der Waals surface area contributed by atoms with Crippen LogP contribution in [0.3, 0.4) is 0 Å². The van der Waals surface area contributed by atoms with Gasteiger partial charge < -0.3 is 9.84 Å². The zero-order valence-corrected chi connectivity index (χ0v) is 10.1. The van der Waals surface area contributed by atoms with Gasteiger partial charge in [0.1, 0.15) is 12.1 Å². The van der Waals surface area contributed by atoms with Gasteiger partial charge in [-0.2, -0.15) is 0 Å². The lowest BCUT2D eigenvalue weighted by Crippen LogP contribution is -2.39. The number of hydrogen-bond donors (Lipinski definition) is 1. The van der Waals surface area contributed by atoms with E-state index in [1.54, 1.807) is 0 Å². The number of nitrogens with zero attached hydrogens (tertiary/aromatic N) is 4. The molecule has 1 aromatic heterocycles. The molecule has 1 unspecified atom stereocenters. The van der Waals surface area contributed by atoms with Crippen LogP contribution in [-0.4, -0.2) is 38.8 Å². The lowest BCUT2D eigenvalue weighted by molar-refractivity contribution is -0.114. The topological polar surface area (TPSA) is 73.1 Å². The first-order valence-corrected chi connectivity index (χ1v) is 5.42. The number of rotatable bonds is 5. The van der Waals surface area contributed by atoms with Gasteiger partial charge >= 0.3 is 0 Å². The molecule has 0 saturated carbocycles. The van der Waals surface area contributed by atoms with E-state index >= 15 is 0 Å². The fraction of sp³-hybridized carbons (Fsp3) is 0.364. The fourth-order valence-electron chi connectivity index (χ4n) is 1.67. The highest BCUT2D eigenvalue weighted by atomic mass is 19.3. The van der Waals surface area contributed by atoms with E-state index < -0.39 is 18.6 Å². The lowest BCUT2D eigenvalue weighted by atomic mass is 9.94. The molecule has 6 nitrogen and oxygen atoms in total. The Balaban J connectivity index is 2.32. The third-order valence-electron chi connectivity index (χ3n) is 2.75. The molecule has 0 aliphatic carbocycles. The standard InChI is InChI=1S/C11H12F2N4O2/c1-19-9-4-2-8(3-5-9)11(18,10(12)13)6-17-7-14-15-16-17/h2-5,7,10,18H,6H2,1H3. The molecule has 8 heteroatoms. The van der Waals surface area contributed by atoms with Gasteiger partial charge in [0.25, 0.3) is 6.43 Å². The van der Waals surface area contributed by atoms with E-state index in [9.17, 15) is 13.9 Å². The van der Waals surface area contributed by atoms with Gasteiger partial charge in [0, 0.05) is 0 Å². The summed E-state index contributed by atoms with van der Waals surface area (Å²) >= 11 is 0. The number of halogens is 2. The third-order valence-corrected chi connectivity index (χ3v) is 2.75. The summed E-state index contributed by atoms with van der Waals surface area (Å²) in [6, 6.07) is 5.77. The average molecular weight is 270 g/mol. The van der Waals surface area contributed by atoms with E-state index in [0.717, 1.165) is 11.0 Å². The maximum atomic E-state index is 13.2. The zero-order valence-electron chi connectivity index (χ0n) is 10.1. The molecule has 1 N–H and O–H groups in total. The second-order valence-corrected chi connectivity index (χ2v) is 3.96. The van der Waals surface area contributed by atoms with Gasteiger partial charge in [0.05, 0.1) is 13.7 Å². The highest BCUT2D eigenvalue weighted by Gasteiger charge is 2.40. The minimum atomic E-state index is -2.98. The van der Waals surface area contributed by atoms with Crippen LogP contribution in [0.15, 0.2) is 30.6 Å². The van der Waals surface area contributed by atoms with Gasteiger partial charge in [0.15, 0.2) is 5.60 Å². The van der Waals surface area contributed by atoms with Gasteiger partial charge in [-0.15, -0.1) is 5.10 Å². The molecule has 0 aliphatic rings. The predicted molar refractivity (Wildman–Crippen MR) is 60.7 cm³/mol. The Bertz CT molecular complexity index is 518. The number of hydrogen-bond acceptors (Lipinski definition) is 5. The fourth-order valence-corrected chi connectivity index (χ4v) is 1.67. The van der Waals surface area contributed by atoms with Crippen molar-refractivity contribution >= 4 is 0 Å². The van der Waals surface area contributed by atoms with E-state index in [1.807, 2.05) is 0 Å². The molecule has 1 heterocycles. The summed E-state index contributed by atoms with van der Waals surface area (Å²) in [4.78, 5) is 0. The third kappa shape index (κ3) is 2.68. The molecule has 0 amide bonds. The van der Waals surface area contributed by atoms with Crippen molar-refractivity contribution in [3.05, 3.63) is 36.2 Å². The lowest BCUT2D eigenvalue weighted by Gasteiger charge is -2.27. The van der Waals surface area contributed by atoms with E-state index in [2.05, 4.69) is 15.5 Å². The molecule has 0 bridgehead atoms. The molecule has 2 aromatic rings. The Hall–Kier alpha value is -2.09. The SMILES string of the molecule is COc1ccc(C(O)(Cn2cnnn2)C(F)F)cc1. The molecule has 0 aliphatic heterocycles. The highest BCUT2D eigenvalue weighted by molar-refractivity contribution is 5.31. The first-order valence-electron chi connectivity index (χ1n) is 5.42. The van der Waals surface area contributed by atoms with Crippen molar-refractivity contribution in [2.75, 3.05) is 7.11 Å². The van der Waals surface area contributed by atoms with Gasteiger partial charge in [-0.1, -0.05) is 12.1 Å². The molecule has 0 fully saturated rings. The van der Waals surface area contributed by atoms with E-state index in [1.165, 1.54) is 31.4 Å². The van der Waals surface area contributed by atoms with Crippen LogP contribution in [0, 0.1) is 0 Å². The van der Waals surface area contributed by atoms with Crippen molar-refractivity contribution < 1.29 is 18.6 Å². The van der Waals surface area contributed by atoms with Crippen LogP contribution in [0.5, 0.6) is 5.75 Å². The van der Waals surface area contributed by atoms with E-state index in [0.29, 0.717) is 5.75 Å². The summed E-state index contributed by atoms with van der Waals surface area (Å²) in [7, 11) is 1.47. The van der Waals surface area contributed by atoms with Gasteiger partial charge in [-0.05, 0) is 28.1 Å². The number of tetrazole rings is 1. The molecule has 0 radical (unpaired) electrons. The van der Waals surface area contributed by atoms with Crippen molar-refractivity contribution in [2.45, 2.75) is 18.6 Å². The number of aromatic nitrogens is 4. The zero-order chi connectivity index (χ0) is 13.9. The second kappa shape index (κ2) is 5.27. The molecule has 2 rings (SSSR count). The Morgan fingerprint density at radius 1 is 1.37 bits per heavy atom. The normalized spacial score (nSPS) is 14.4. The summed E-state index contributed by atoms with van der Waals surface area (Å²) in [5.41, 5.74) is -2.29. The largest absolute Gasteiger partial charge is 0.497 e. The van der Waals surface area contributed by atoms with Gasteiger partial charge in [0.2, 0.25) is 0 Å². The molecular formula is C11H12F2N4O2. The molecular weight excluding hydrogens is 258 g/mol. The minimum Gasteiger partial charge on any atom is -0.497 e. The van der Waals surface area contributed by atoms with Crippen molar-refractivity contribution in [1.29, 1.82) is 0 Å². The number of benzene rings is 1. The monoisotopic (exact) mass is 270 g/mol. The smallest absolute Gasteiger partial charge is 0.272 e. The molecule has 1 atom stereocenters. The van der Waals surface area contributed by atoms with Gasteiger partial charge in [-0.3, -0.25) is 0 Å². The van der Waals surface area contributed by atoms with E-state index in [4.69, 9.17) is 4.74 Å². The number of alkyl halides is 2. The Morgan fingerprint density at radius 2 is 2.05 bits per heavy atom. The maximum Gasteiger partial charge on any atom is 0.272 e. The van der Waals surface area contributed by atoms with Crippen molar-refractivity contribution in [3.63, 3.8) is 0 Å². The van der Waals surface area contributed by atoms with Gasteiger partial charge in [-0.25, -0.2) is 13.5 Å². The Labute approximate surface area is 107 Å². The summed E-state index contributed by atoms with van der Waals surface area (Å²) in [6.07, 6.45) is -1.82. The molecule has 19 heavy (non-hydrogen) atoms. The van der Waals surface area contributed by atoms with Crippen molar-refractivity contribution in [1.82, 2.24) is 20.2 Å². The molecule has 0 spiro atoms. The number of aliphatic hydroxyl groups is 1. The summed E-state index contributed by atoms with van der Waals surface area (Å²) < 4.78 is 32.4. The highest BCUT2D eigenvalue weighted by Crippen LogP contribution is 2.31. The molecule has 102 valence electrons. The van der Waals surface area contributed by atoms with Crippen LogP contribution < -0.4 is 4.74 Å². The Morgan fingerprint density at radius 3 is 2.53 bits per heavy atom. The quantitative estimate of drug-likeness (QED) is 0.871. The summed E-state index contributed by atoms with van der Waals surface area (Å²) in [6.45, 7) is -0.440. The van der Waals surface area contributed by atoms with Crippen LogP contribution in [0.4, 0.5) is 8.78 Å². The second-order valence-electron chi connectivity index (χ2n) is 3.96. The Kier molecular flexibility index (Phi) is 3.70. The number of ether oxygens (including phenoxy) is 1. The van der Waals surface area contributed by atoms with Crippen molar-refractivity contribution in [2.24, 2.45) is 0 Å². The van der Waals surface area contributed by atoms with E-state index in [-0.39, 0.29) is 5.56 Å².